The summed E-state index contributed by atoms with van der Waals surface area (Å²) in [7, 11) is 1.87. The Bertz CT molecular complexity index is 379. The molecule has 5 heteroatoms. The highest BCUT2D eigenvalue weighted by molar-refractivity contribution is 5.56. The molecule has 0 amide bonds. The topological polar surface area (TPSA) is 59.1 Å². The van der Waals surface area contributed by atoms with Crippen LogP contribution in [0.3, 0.4) is 0 Å². The van der Waals surface area contributed by atoms with Crippen LogP contribution < -0.4 is 10.6 Å². The molecule has 18 heavy (non-hydrogen) atoms. The van der Waals surface area contributed by atoms with E-state index in [0.717, 1.165) is 36.2 Å². The van der Waals surface area contributed by atoms with Crippen molar-refractivity contribution in [3.63, 3.8) is 0 Å². The van der Waals surface area contributed by atoms with E-state index in [1.54, 1.807) is 0 Å². The summed E-state index contributed by atoms with van der Waals surface area (Å²) < 4.78 is 5.52. The maximum absolute atomic E-state index is 5.52. The van der Waals surface area contributed by atoms with Gasteiger partial charge >= 0.3 is 0 Å². The van der Waals surface area contributed by atoms with Crippen molar-refractivity contribution in [2.75, 3.05) is 37.4 Å². The van der Waals surface area contributed by atoms with Crippen LogP contribution >= 0.6 is 0 Å². The summed E-state index contributed by atoms with van der Waals surface area (Å²) in [5.41, 5.74) is 1.03. The first-order chi connectivity index (χ1) is 8.54. The molecule has 0 unspecified atom stereocenters. The predicted molar refractivity (Wildman–Crippen MR) is 75.2 cm³/mol. The first-order valence-electron chi connectivity index (χ1n) is 6.39. The summed E-state index contributed by atoms with van der Waals surface area (Å²) in [5.74, 6) is 3.08. The SMILES string of the molecule is CNc1nc(C)nc(NCCOCC(C)C)c1C. The summed E-state index contributed by atoms with van der Waals surface area (Å²) in [6, 6.07) is 0. The van der Waals surface area contributed by atoms with E-state index in [-0.39, 0.29) is 0 Å². The molecule has 102 valence electrons. The van der Waals surface area contributed by atoms with E-state index in [1.165, 1.54) is 0 Å². The fourth-order valence-electron chi connectivity index (χ4n) is 1.60. The molecule has 0 bridgehead atoms. The molecule has 0 aliphatic carbocycles. The van der Waals surface area contributed by atoms with Gasteiger partial charge in [-0.3, -0.25) is 0 Å². The lowest BCUT2D eigenvalue weighted by Crippen LogP contribution is -2.15. The van der Waals surface area contributed by atoms with Crippen LogP contribution in [-0.2, 0) is 4.74 Å². The van der Waals surface area contributed by atoms with E-state index in [1.807, 2.05) is 20.9 Å². The maximum atomic E-state index is 5.52. The third-order valence-corrected chi connectivity index (χ3v) is 2.48. The predicted octanol–water partition coefficient (Wildman–Crippen LogP) is 2.22. The molecule has 1 aromatic rings. The average Bonchev–Trinajstić information content (AvgIpc) is 2.32. The molecule has 0 saturated carbocycles. The molecule has 0 saturated heterocycles. The lowest BCUT2D eigenvalue weighted by atomic mass is 10.2. The number of aromatic nitrogens is 2. The summed E-state index contributed by atoms with van der Waals surface area (Å²) >= 11 is 0. The number of ether oxygens (including phenoxy) is 1. The Hall–Kier alpha value is -1.36. The van der Waals surface area contributed by atoms with Crippen molar-refractivity contribution in [3.8, 4) is 0 Å². The fourth-order valence-corrected chi connectivity index (χ4v) is 1.60. The third kappa shape index (κ3) is 4.49. The van der Waals surface area contributed by atoms with E-state index in [2.05, 4.69) is 34.4 Å². The Morgan fingerprint density at radius 3 is 2.44 bits per heavy atom. The maximum Gasteiger partial charge on any atom is 0.134 e. The van der Waals surface area contributed by atoms with E-state index >= 15 is 0 Å². The Morgan fingerprint density at radius 2 is 1.83 bits per heavy atom. The van der Waals surface area contributed by atoms with Gasteiger partial charge in [-0.15, -0.1) is 0 Å². The Labute approximate surface area is 109 Å². The molecular weight excluding hydrogens is 228 g/mol. The quantitative estimate of drug-likeness (QED) is 0.729. The fraction of sp³-hybridized carbons (Fsp3) is 0.692. The molecule has 0 atom stereocenters. The van der Waals surface area contributed by atoms with E-state index < -0.39 is 0 Å². The van der Waals surface area contributed by atoms with E-state index in [0.29, 0.717) is 12.5 Å². The van der Waals surface area contributed by atoms with Gasteiger partial charge in [-0.2, -0.15) is 0 Å². The minimum Gasteiger partial charge on any atom is -0.379 e. The Kier molecular flexibility index (Phi) is 5.85. The molecule has 0 aliphatic rings. The second kappa shape index (κ2) is 7.16. The van der Waals surface area contributed by atoms with Crippen LogP contribution in [0.4, 0.5) is 11.6 Å². The van der Waals surface area contributed by atoms with Gasteiger partial charge in [0.05, 0.1) is 6.61 Å². The van der Waals surface area contributed by atoms with Gasteiger partial charge in [0.1, 0.15) is 17.5 Å². The van der Waals surface area contributed by atoms with Crippen molar-refractivity contribution >= 4 is 11.6 Å². The summed E-state index contributed by atoms with van der Waals surface area (Å²) in [6.45, 7) is 10.4. The largest absolute Gasteiger partial charge is 0.379 e. The van der Waals surface area contributed by atoms with Crippen molar-refractivity contribution in [3.05, 3.63) is 11.4 Å². The van der Waals surface area contributed by atoms with Crippen LogP contribution in [0, 0.1) is 19.8 Å². The van der Waals surface area contributed by atoms with Gasteiger partial charge in [0.15, 0.2) is 0 Å². The zero-order valence-corrected chi connectivity index (χ0v) is 12.0. The number of nitrogens with one attached hydrogen (secondary N) is 2. The van der Waals surface area contributed by atoms with Crippen LogP contribution in [0.15, 0.2) is 0 Å². The highest BCUT2D eigenvalue weighted by Crippen LogP contribution is 2.18. The molecule has 0 radical (unpaired) electrons. The van der Waals surface area contributed by atoms with E-state index in [4.69, 9.17) is 4.74 Å². The number of anilines is 2. The molecule has 1 aromatic heterocycles. The molecule has 0 spiro atoms. The zero-order valence-electron chi connectivity index (χ0n) is 12.0. The Morgan fingerprint density at radius 1 is 1.17 bits per heavy atom. The molecule has 1 rings (SSSR count). The van der Waals surface area contributed by atoms with Crippen LogP contribution in [0.5, 0.6) is 0 Å². The van der Waals surface area contributed by atoms with Crippen LogP contribution in [0.25, 0.3) is 0 Å². The second-order valence-corrected chi connectivity index (χ2v) is 4.74. The van der Waals surface area contributed by atoms with Crippen molar-refractivity contribution in [2.45, 2.75) is 27.7 Å². The molecule has 0 fully saturated rings. The minimum absolute atomic E-state index is 0.573. The monoisotopic (exact) mass is 252 g/mol. The molecule has 2 N–H and O–H groups in total. The van der Waals surface area contributed by atoms with Crippen molar-refractivity contribution in [1.29, 1.82) is 0 Å². The normalized spacial score (nSPS) is 10.8. The molecule has 0 aromatic carbocycles. The highest BCUT2D eigenvalue weighted by Gasteiger charge is 2.07. The molecule has 0 aliphatic heterocycles. The smallest absolute Gasteiger partial charge is 0.134 e. The number of hydrogen-bond acceptors (Lipinski definition) is 5. The van der Waals surface area contributed by atoms with Crippen LogP contribution in [-0.4, -0.2) is 36.8 Å². The van der Waals surface area contributed by atoms with Crippen molar-refractivity contribution < 1.29 is 4.74 Å². The van der Waals surface area contributed by atoms with Crippen molar-refractivity contribution in [1.82, 2.24) is 9.97 Å². The molecular formula is C13H24N4O. The minimum atomic E-state index is 0.573. The standard InChI is InChI=1S/C13H24N4O/c1-9(2)8-18-7-6-15-13-10(3)12(14-5)16-11(4)17-13/h9H,6-8H2,1-5H3,(H2,14,15,16,17). The number of rotatable bonds is 7. The average molecular weight is 252 g/mol. The molecule has 5 nitrogen and oxygen atoms in total. The highest BCUT2D eigenvalue weighted by atomic mass is 16.5. The first-order valence-corrected chi connectivity index (χ1v) is 6.39. The van der Waals surface area contributed by atoms with Gasteiger partial charge in [-0.1, -0.05) is 13.8 Å². The van der Waals surface area contributed by atoms with Gasteiger partial charge in [0.25, 0.3) is 0 Å². The number of nitrogens with zero attached hydrogens (tertiary/aromatic N) is 2. The van der Waals surface area contributed by atoms with Gasteiger partial charge in [-0.05, 0) is 19.8 Å². The molecule has 1 heterocycles. The lowest BCUT2D eigenvalue weighted by Gasteiger charge is -2.13. The summed E-state index contributed by atoms with van der Waals surface area (Å²) in [5, 5.41) is 6.36. The van der Waals surface area contributed by atoms with Gasteiger partial charge in [0.2, 0.25) is 0 Å². The van der Waals surface area contributed by atoms with E-state index in [9.17, 15) is 0 Å². The number of aryl methyl sites for hydroxylation is 1. The van der Waals surface area contributed by atoms with Crippen LogP contribution in [0.2, 0.25) is 0 Å². The Balaban J connectivity index is 2.49. The lowest BCUT2D eigenvalue weighted by molar-refractivity contribution is 0.118. The van der Waals surface area contributed by atoms with Crippen molar-refractivity contribution in [2.24, 2.45) is 5.92 Å². The summed E-state index contributed by atoms with van der Waals surface area (Å²) in [6.07, 6.45) is 0. The number of hydrogen-bond donors (Lipinski definition) is 2. The summed E-state index contributed by atoms with van der Waals surface area (Å²) in [4.78, 5) is 8.72. The first kappa shape index (κ1) is 14.7. The van der Waals surface area contributed by atoms with Gasteiger partial charge < -0.3 is 15.4 Å². The van der Waals surface area contributed by atoms with Crippen LogP contribution in [0.1, 0.15) is 25.2 Å². The van der Waals surface area contributed by atoms with Gasteiger partial charge in [0, 0.05) is 25.8 Å². The van der Waals surface area contributed by atoms with Gasteiger partial charge in [-0.25, -0.2) is 9.97 Å². The third-order valence-electron chi connectivity index (χ3n) is 2.48. The second-order valence-electron chi connectivity index (χ2n) is 4.74. The zero-order chi connectivity index (χ0) is 13.5.